The molecule has 0 unspecified atom stereocenters. The Balaban J connectivity index is 1.64. The van der Waals surface area contributed by atoms with Gasteiger partial charge in [0, 0.05) is 12.6 Å². The molecule has 0 bridgehead atoms. The van der Waals surface area contributed by atoms with E-state index >= 15 is 0 Å². The molecular weight excluding hydrogens is 400 g/mol. The van der Waals surface area contributed by atoms with Crippen LogP contribution in [0.15, 0.2) is 83.5 Å². The summed E-state index contributed by atoms with van der Waals surface area (Å²) in [5.41, 5.74) is 1.91. The lowest BCUT2D eigenvalue weighted by Crippen LogP contribution is -2.47. The molecule has 3 aromatic rings. The molecule has 1 saturated carbocycles. The second-order valence-electron chi connectivity index (χ2n) is 8.37. The van der Waals surface area contributed by atoms with Crippen LogP contribution in [0.3, 0.4) is 0 Å². The minimum absolute atomic E-state index is 0.129. The molecule has 166 valence electrons. The first-order valence-corrected chi connectivity index (χ1v) is 11.5. The molecule has 0 aliphatic heterocycles. The number of carbonyl (C=O) groups excluding carboxylic acids is 2. The van der Waals surface area contributed by atoms with E-state index in [2.05, 4.69) is 5.32 Å². The number of furan rings is 1. The predicted molar refractivity (Wildman–Crippen MR) is 124 cm³/mol. The molecule has 5 nitrogen and oxygen atoms in total. The molecule has 0 radical (unpaired) electrons. The first-order valence-electron chi connectivity index (χ1n) is 11.5. The standard InChI is InChI=1S/C27H30N2O3/c30-26(28-23-15-8-3-9-16-23)25(22-13-6-2-7-14-22)29(27(31)24-17-10-20-32-24)19-18-21-11-4-1-5-12-21/h1-2,4-7,10-14,17,20,23,25H,3,8-9,15-16,18-19H2,(H,28,30)/t25-/m0/s1. The summed E-state index contributed by atoms with van der Waals surface area (Å²) < 4.78 is 5.42. The van der Waals surface area contributed by atoms with Crippen molar-refractivity contribution in [3.63, 3.8) is 0 Å². The van der Waals surface area contributed by atoms with Crippen LogP contribution in [0.2, 0.25) is 0 Å². The lowest BCUT2D eigenvalue weighted by atomic mass is 9.94. The molecule has 1 heterocycles. The topological polar surface area (TPSA) is 62.6 Å². The maximum atomic E-state index is 13.6. The van der Waals surface area contributed by atoms with E-state index in [1.54, 1.807) is 17.0 Å². The molecule has 5 heteroatoms. The van der Waals surface area contributed by atoms with Crippen LogP contribution in [-0.2, 0) is 11.2 Å². The van der Waals surface area contributed by atoms with E-state index in [1.807, 2.05) is 60.7 Å². The van der Waals surface area contributed by atoms with Crippen LogP contribution in [0.25, 0.3) is 0 Å². The summed E-state index contributed by atoms with van der Waals surface area (Å²) in [4.78, 5) is 28.7. The van der Waals surface area contributed by atoms with Gasteiger partial charge in [-0.2, -0.15) is 0 Å². The highest BCUT2D eigenvalue weighted by Crippen LogP contribution is 2.26. The third-order valence-electron chi connectivity index (χ3n) is 6.10. The summed E-state index contributed by atoms with van der Waals surface area (Å²) in [7, 11) is 0. The van der Waals surface area contributed by atoms with Gasteiger partial charge in [-0.25, -0.2) is 0 Å². The van der Waals surface area contributed by atoms with Crippen LogP contribution in [0.4, 0.5) is 0 Å². The van der Waals surface area contributed by atoms with Gasteiger partial charge in [-0.3, -0.25) is 9.59 Å². The summed E-state index contributed by atoms with van der Waals surface area (Å²) in [6, 6.07) is 22.4. The Kier molecular flexibility index (Phi) is 7.38. The van der Waals surface area contributed by atoms with Crippen LogP contribution in [-0.4, -0.2) is 29.3 Å². The largest absolute Gasteiger partial charge is 0.459 e. The van der Waals surface area contributed by atoms with Crippen molar-refractivity contribution in [3.05, 3.63) is 95.9 Å². The highest BCUT2D eigenvalue weighted by Gasteiger charge is 2.34. The number of rotatable bonds is 8. The summed E-state index contributed by atoms with van der Waals surface area (Å²) in [6.45, 7) is 0.404. The molecule has 2 aromatic carbocycles. The van der Waals surface area contributed by atoms with Crippen LogP contribution in [0.5, 0.6) is 0 Å². The summed E-state index contributed by atoms with van der Waals surface area (Å²) in [6.07, 6.45) is 7.59. The van der Waals surface area contributed by atoms with Gasteiger partial charge in [0.25, 0.3) is 5.91 Å². The van der Waals surface area contributed by atoms with Crippen molar-refractivity contribution < 1.29 is 14.0 Å². The van der Waals surface area contributed by atoms with Crippen LogP contribution in [0.1, 0.15) is 59.8 Å². The van der Waals surface area contributed by atoms with Crippen molar-refractivity contribution in [1.29, 1.82) is 0 Å². The second-order valence-corrected chi connectivity index (χ2v) is 8.37. The van der Waals surface area contributed by atoms with Gasteiger partial charge in [0.2, 0.25) is 5.91 Å². The molecule has 1 aliphatic rings. The molecule has 1 aliphatic carbocycles. The average Bonchev–Trinajstić information content (AvgIpc) is 3.38. The zero-order chi connectivity index (χ0) is 22.2. The number of nitrogens with zero attached hydrogens (tertiary/aromatic N) is 1. The normalized spacial score (nSPS) is 15.1. The molecule has 1 atom stereocenters. The number of hydrogen-bond donors (Lipinski definition) is 1. The Morgan fingerprint density at radius 1 is 0.906 bits per heavy atom. The van der Waals surface area contributed by atoms with Gasteiger partial charge in [0.15, 0.2) is 5.76 Å². The Hall–Kier alpha value is -3.34. The molecule has 1 N–H and O–H groups in total. The molecule has 1 fully saturated rings. The quantitative estimate of drug-likeness (QED) is 0.537. The predicted octanol–water partition coefficient (Wildman–Crippen LogP) is 5.15. The minimum atomic E-state index is -0.723. The lowest BCUT2D eigenvalue weighted by molar-refractivity contribution is -0.126. The average molecular weight is 431 g/mol. The zero-order valence-electron chi connectivity index (χ0n) is 18.3. The van der Waals surface area contributed by atoms with E-state index in [4.69, 9.17) is 4.42 Å². The van der Waals surface area contributed by atoms with Gasteiger partial charge in [0.05, 0.1) is 6.26 Å². The highest BCUT2D eigenvalue weighted by molar-refractivity contribution is 5.96. The Morgan fingerprint density at radius 2 is 1.59 bits per heavy atom. The molecule has 0 spiro atoms. The van der Waals surface area contributed by atoms with Crippen LogP contribution < -0.4 is 5.32 Å². The fourth-order valence-electron chi connectivity index (χ4n) is 4.42. The van der Waals surface area contributed by atoms with E-state index in [1.165, 1.54) is 12.7 Å². The van der Waals surface area contributed by atoms with E-state index in [-0.39, 0.29) is 23.6 Å². The molecule has 32 heavy (non-hydrogen) atoms. The molecule has 0 saturated heterocycles. The lowest BCUT2D eigenvalue weighted by Gasteiger charge is -2.33. The van der Waals surface area contributed by atoms with Crippen molar-refractivity contribution in [1.82, 2.24) is 10.2 Å². The van der Waals surface area contributed by atoms with Crippen molar-refractivity contribution in [2.24, 2.45) is 0 Å². The maximum Gasteiger partial charge on any atom is 0.290 e. The van der Waals surface area contributed by atoms with Crippen molar-refractivity contribution in [2.45, 2.75) is 50.6 Å². The van der Waals surface area contributed by atoms with Gasteiger partial charge < -0.3 is 14.6 Å². The summed E-state index contributed by atoms with van der Waals surface area (Å²) in [5, 5.41) is 3.23. The third kappa shape index (κ3) is 5.47. The second kappa shape index (κ2) is 10.8. The minimum Gasteiger partial charge on any atom is -0.459 e. The molecule has 2 amide bonds. The number of amides is 2. The third-order valence-corrected chi connectivity index (χ3v) is 6.10. The van der Waals surface area contributed by atoms with Crippen LogP contribution in [0, 0.1) is 0 Å². The van der Waals surface area contributed by atoms with Crippen molar-refractivity contribution in [2.75, 3.05) is 6.54 Å². The number of nitrogens with one attached hydrogen (secondary N) is 1. The summed E-state index contributed by atoms with van der Waals surface area (Å²) in [5.74, 6) is -0.167. The van der Waals surface area contributed by atoms with Gasteiger partial charge in [-0.05, 0) is 42.5 Å². The van der Waals surface area contributed by atoms with E-state index in [0.717, 1.165) is 36.8 Å². The number of benzene rings is 2. The van der Waals surface area contributed by atoms with E-state index in [0.29, 0.717) is 13.0 Å². The summed E-state index contributed by atoms with van der Waals surface area (Å²) >= 11 is 0. The number of hydrogen-bond acceptors (Lipinski definition) is 3. The maximum absolute atomic E-state index is 13.6. The Morgan fingerprint density at radius 3 is 2.25 bits per heavy atom. The fraction of sp³-hybridized carbons (Fsp3) is 0.333. The SMILES string of the molecule is O=C(NC1CCCCC1)[C@H](c1ccccc1)N(CCc1ccccc1)C(=O)c1ccco1. The molecule has 4 rings (SSSR count). The van der Waals surface area contributed by atoms with Gasteiger partial charge in [0.1, 0.15) is 6.04 Å². The zero-order valence-corrected chi connectivity index (χ0v) is 18.3. The first-order chi connectivity index (χ1) is 15.7. The molecule has 1 aromatic heterocycles. The highest BCUT2D eigenvalue weighted by atomic mass is 16.3. The van der Waals surface area contributed by atoms with Gasteiger partial charge >= 0.3 is 0 Å². The smallest absolute Gasteiger partial charge is 0.290 e. The monoisotopic (exact) mass is 430 g/mol. The van der Waals surface area contributed by atoms with Crippen LogP contribution >= 0.6 is 0 Å². The van der Waals surface area contributed by atoms with Gasteiger partial charge in [-0.15, -0.1) is 0 Å². The molecular formula is C27H30N2O3. The van der Waals surface area contributed by atoms with E-state index in [9.17, 15) is 9.59 Å². The van der Waals surface area contributed by atoms with Crippen molar-refractivity contribution >= 4 is 11.8 Å². The number of carbonyl (C=O) groups is 2. The Labute approximate surface area is 189 Å². The Bertz CT molecular complexity index is 980. The fourth-order valence-corrected chi connectivity index (χ4v) is 4.42. The first kappa shape index (κ1) is 21.9. The van der Waals surface area contributed by atoms with Crippen molar-refractivity contribution in [3.8, 4) is 0 Å². The van der Waals surface area contributed by atoms with Gasteiger partial charge in [-0.1, -0.05) is 79.9 Å². The van der Waals surface area contributed by atoms with E-state index < -0.39 is 6.04 Å².